The molecule has 2 aromatic heterocycles. The minimum Gasteiger partial charge on any atom is -0.361 e. The van der Waals surface area contributed by atoms with E-state index in [4.69, 9.17) is 11.6 Å². The van der Waals surface area contributed by atoms with Crippen molar-refractivity contribution >= 4 is 52.4 Å². The van der Waals surface area contributed by atoms with Crippen LogP contribution in [-0.4, -0.2) is 34.3 Å². The second-order valence-electron chi connectivity index (χ2n) is 5.55. The van der Waals surface area contributed by atoms with E-state index in [2.05, 4.69) is 25.7 Å². The first-order chi connectivity index (χ1) is 11.7. The summed E-state index contributed by atoms with van der Waals surface area (Å²) in [6.07, 6.45) is 4.70. The van der Waals surface area contributed by atoms with Gasteiger partial charge in [0.15, 0.2) is 5.96 Å². The Kier molecular flexibility index (Phi) is 7.12. The van der Waals surface area contributed by atoms with Gasteiger partial charge in [-0.1, -0.05) is 11.6 Å². The zero-order valence-electron chi connectivity index (χ0n) is 14.2. The first-order valence-electron chi connectivity index (χ1n) is 7.84. The Bertz CT molecular complexity index is 854. The number of benzene rings is 1. The monoisotopic (exact) mass is 472 g/mol. The van der Waals surface area contributed by atoms with Crippen LogP contribution in [0.25, 0.3) is 10.9 Å². The van der Waals surface area contributed by atoms with Crippen molar-refractivity contribution in [2.45, 2.75) is 13.0 Å². The van der Waals surface area contributed by atoms with Crippen molar-refractivity contribution in [2.75, 3.05) is 13.6 Å². The molecule has 0 atom stereocenters. The molecular weight excluding hydrogens is 451 g/mol. The Labute approximate surface area is 169 Å². The zero-order chi connectivity index (χ0) is 16.9. The predicted octanol–water partition coefficient (Wildman–Crippen LogP) is 3.08. The number of aliphatic imine (C=N–C) groups is 1. The van der Waals surface area contributed by atoms with E-state index in [1.807, 2.05) is 42.2 Å². The highest BCUT2D eigenvalue weighted by molar-refractivity contribution is 14.0. The highest BCUT2D eigenvalue weighted by Gasteiger charge is 2.05. The Morgan fingerprint density at radius 3 is 2.88 bits per heavy atom. The minimum absolute atomic E-state index is 0. The van der Waals surface area contributed by atoms with Gasteiger partial charge in [-0.05, 0) is 36.2 Å². The summed E-state index contributed by atoms with van der Waals surface area (Å²) in [7, 11) is 3.69. The highest BCUT2D eigenvalue weighted by atomic mass is 127. The van der Waals surface area contributed by atoms with E-state index in [-0.39, 0.29) is 24.0 Å². The third-order valence-electron chi connectivity index (χ3n) is 4.00. The van der Waals surface area contributed by atoms with Crippen molar-refractivity contribution in [1.29, 1.82) is 0 Å². The molecule has 0 radical (unpaired) electrons. The summed E-state index contributed by atoms with van der Waals surface area (Å²) < 4.78 is 1.84. The lowest BCUT2D eigenvalue weighted by Gasteiger charge is -2.11. The number of rotatable bonds is 5. The molecule has 0 spiro atoms. The fourth-order valence-electron chi connectivity index (χ4n) is 2.64. The maximum absolute atomic E-state index is 6.09. The summed E-state index contributed by atoms with van der Waals surface area (Å²) in [6, 6.07) is 7.88. The molecular formula is C17H22ClIN6. The maximum Gasteiger partial charge on any atom is 0.191 e. The van der Waals surface area contributed by atoms with E-state index in [0.29, 0.717) is 6.54 Å². The molecule has 0 amide bonds. The molecule has 6 nitrogen and oxygen atoms in total. The van der Waals surface area contributed by atoms with Gasteiger partial charge in [0.2, 0.25) is 0 Å². The SMILES string of the molecule is CN=C(NCCc1c[nH]c2ccc(Cl)cc12)NCc1ccnn1C.I. The van der Waals surface area contributed by atoms with E-state index in [9.17, 15) is 0 Å². The van der Waals surface area contributed by atoms with Crippen LogP contribution in [0.1, 0.15) is 11.3 Å². The molecule has 134 valence electrons. The van der Waals surface area contributed by atoms with Gasteiger partial charge in [0.05, 0.1) is 12.2 Å². The summed E-state index contributed by atoms with van der Waals surface area (Å²) in [4.78, 5) is 7.52. The summed E-state index contributed by atoms with van der Waals surface area (Å²) in [5.41, 5.74) is 3.44. The van der Waals surface area contributed by atoms with Crippen LogP contribution in [0.5, 0.6) is 0 Å². The van der Waals surface area contributed by atoms with Crippen molar-refractivity contribution < 1.29 is 0 Å². The summed E-state index contributed by atoms with van der Waals surface area (Å²) in [6.45, 7) is 1.46. The van der Waals surface area contributed by atoms with Gasteiger partial charge in [0.25, 0.3) is 0 Å². The largest absolute Gasteiger partial charge is 0.361 e. The van der Waals surface area contributed by atoms with Gasteiger partial charge in [-0.15, -0.1) is 24.0 Å². The van der Waals surface area contributed by atoms with Crippen molar-refractivity contribution in [1.82, 2.24) is 25.4 Å². The first-order valence-corrected chi connectivity index (χ1v) is 8.22. The average molecular weight is 473 g/mol. The molecule has 0 aliphatic carbocycles. The van der Waals surface area contributed by atoms with Crippen LogP contribution >= 0.6 is 35.6 Å². The molecule has 0 unspecified atom stereocenters. The maximum atomic E-state index is 6.09. The fraction of sp³-hybridized carbons (Fsp3) is 0.294. The lowest BCUT2D eigenvalue weighted by Crippen LogP contribution is -2.38. The van der Waals surface area contributed by atoms with Gasteiger partial charge in [0, 0.05) is 49.0 Å². The molecule has 8 heteroatoms. The smallest absolute Gasteiger partial charge is 0.191 e. The predicted molar refractivity (Wildman–Crippen MR) is 114 cm³/mol. The molecule has 25 heavy (non-hydrogen) atoms. The van der Waals surface area contributed by atoms with Crippen LogP contribution in [0.15, 0.2) is 41.7 Å². The highest BCUT2D eigenvalue weighted by Crippen LogP contribution is 2.22. The number of hydrogen-bond donors (Lipinski definition) is 3. The van der Waals surface area contributed by atoms with Crippen LogP contribution in [0.3, 0.4) is 0 Å². The molecule has 0 bridgehead atoms. The third-order valence-corrected chi connectivity index (χ3v) is 4.23. The molecule has 1 aromatic carbocycles. The van der Waals surface area contributed by atoms with Gasteiger partial charge in [-0.3, -0.25) is 9.67 Å². The number of H-pyrrole nitrogens is 1. The number of nitrogens with zero attached hydrogens (tertiary/aromatic N) is 3. The Morgan fingerprint density at radius 1 is 1.32 bits per heavy atom. The second kappa shape index (κ2) is 9.10. The van der Waals surface area contributed by atoms with Crippen LogP contribution in [0.4, 0.5) is 0 Å². The standard InChI is InChI=1S/C17H21ClN6.HI/c1-19-17(22-11-14-6-8-23-24(14)2)20-7-5-12-10-21-16-4-3-13(18)9-15(12)16;/h3-4,6,8-10,21H,5,7,11H2,1-2H3,(H2,19,20,22);1H. The zero-order valence-corrected chi connectivity index (χ0v) is 17.3. The van der Waals surface area contributed by atoms with Crippen molar-refractivity contribution in [3.63, 3.8) is 0 Å². The molecule has 0 aliphatic heterocycles. The lowest BCUT2D eigenvalue weighted by atomic mass is 10.1. The Hall–Kier alpha value is -1.74. The van der Waals surface area contributed by atoms with E-state index >= 15 is 0 Å². The quantitative estimate of drug-likeness (QED) is 0.304. The third kappa shape index (κ3) is 4.88. The van der Waals surface area contributed by atoms with Gasteiger partial charge in [-0.2, -0.15) is 5.10 Å². The number of fused-ring (bicyclic) bond motifs is 1. The Balaban J connectivity index is 0.00000225. The first kappa shape index (κ1) is 19.6. The van der Waals surface area contributed by atoms with E-state index < -0.39 is 0 Å². The summed E-state index contributed by atoms with van der Waals surface area (Å²) >= 11 is 6.09. The van der Waals surface area contributed by atoms with Crippen LogP contribution in [-0.2, 0) is 20.0 Å². The summed E-state index contributed by atoms with van der Waals surface area (Å²) in [5, 5.41) is 12.7. The van der Waals surface area contributed by atoms with Gasteiger partial charge < -0.3 is 15.6 Å². The molecule has 0 saturated carbocycles. The number of hydrogen-bond acceptors (Lipinski definition) is 2. The topological polar surface area (TPSA) is 70.0 Å². The van der Waals surface area contributed by atoms with Crippen molar-refractivity contribution in [2.24, 2.45) is 12.0 Å². The molecule has 3 N–H and O–H groups in total. The normalized spacial score (nSPS) is 11.4. The average Bonchev–Trinajstić information content (AvgIpc) is 3.17. The Morgan fingerprint density at radius 2 is 2.16 bits per heavy atom. The number of nitrogens with one attached hydrogen (secondary N) is 3. The van der Waals surface area contributed by atoms with Crippen molar-refractivity contribution in [3.05, 3.63) is 52.9 Å². The number of aromatic nitrogens is 3. The lowest BCUT2D eigenvalue weighted by molar-refractivity contribution is 0.684. The minimum atomic E-state index is 0. The van der Waals surface area contributed by atoms with Gasteiger partial charge in [-0.25, -0.2) is 0 Å². The van der Waals surface area contributed by atoms with Crippen LogP contribution in [0.2, 0.25) is 5.02 Å². The molecule has 0 fully saturated rings. The second-order valence-corrected chi connectivity index (χ2v) is 5.99. The molecule has 3 rings (SSSR count). The van der Waals surface area contributed by atoms with Crippen molar-refractivity contribution in [3.8, 4) is 0 Å². The van der Waals surface area contributed by atoms with Crippen LogP contribution in [0, 0.1) is 0 Å². The summed E-state index contributed by atoms with van der Waals surface area (Å²) in [5.74, 6) is 0.772. The fourth-order valence-corrected chi connectivity index (χ4v) is 2.81. The number of halogens is 2. The molecule has 2 heterocycles. The number of aromatic amines is 1. The molecule has 0 saturated heterocycles. The molecule has 3 aromatic rings. The van der Waals surface area contributed by atoms with E-state index in [1.165, 1.54) is 10.9 Å². The van der Waals surface area contributed by atoms with Crippen LogP contribution < -0.4 is 10.6 Å². The number of guanidine groups is 1. The van der Waals surface area contributed by atoms with Gasteiger partial charge in [0.1, 0.15) is 0 Å². The van der Waals surface area contributed by atoms with E-state index in [1.54, 1.807) is 13.2 Å². The van der Waals surface area contributed by atoms with Gasteiger partial charge >= 0.3 is 0 Å². The number of aryl methyl sites for hydroxylation is 1. The molecule has 0 aliphatic rings. The van der Waals surface area contributed by atoms with E-state index in [0.717, 1.165) is 35.2 Å².